The van der Waals surface area contributed by atoms with E-state index in [1.165, 1.54) is 12.8 Å². The fraction of sp³-hybridized carbons (Fsp3) is 0.824. The molecule has 2 fully saturated rings. The van der Waals surface area contributed by atoms with Gasteiger partial charge in [-0.15, -0.1) is 12.4 Å². The van der Waals surface area contributed by atoms with Crippen molar-refractivity contribution in [3.63, 3.8) is 0 Å². The summed E-state index contributed by atoms with van der Waals surface area (Å²) in [5, 5.41) is 7.36. The lowest BCUT2D eigenvalue weighted by molar-refractivity contribution is -0.133. The maximum Gasteiger partial charge on any atom is 0.223 e. The molecular weight excluding hydrogens is 328 g/mol. The molecule has 1 N–H and O–H groups in total. The molecule has 136 valence electrons. The third-order valence-corrected chi connectivity index (χ3v) is 5.14. The van der Waals surface area contributed by atoms with Crippen LogP contribution in [0.1, 0.15) is 50.2 Å². The maximum atomic E-state index is 12.5. The monoisotopic (exact) mass is 356 g/mol. The smallest absolute Gasteiger partial charge is 0.223 e. The van der Waals surface area contributed by atoms with Gasteiger partial charge in [0.1, 0.15) is 0 Å². The van der Waals surface area contributed by atoms with Gasteiger partial charge < -0.3 is 14.7 Å². The van der Waals surface area contributed by atoms with Gasteiger partial charge in [0, 0.05) is 32.9 Å². The van der Waals surface area contributed by atoms with Crippen molar-refractivity contribution in [2.45, 2.75) is 51.9 Å². The van der Waals surface area contributed by atoms with E-state index in [1.54, 1.807) is 0 Å². The quantitative estimate of drug-likeness (QED) is 0.876. The Kier molecular flexibility index (Phi) is 7.49. The first-order valence-corrected chi connectivity index (χ1v) is 8.98. The van der Waals surface area contributed by atoms with E-state index < -0.39 is 0 Å². The third kappa shape index (κ3) is 5.45. The van der Waals surface area contributed by atoms with Crippen LogP contribution in [0.5, 0.6) is 0 Å². The molecule has 6 nitrogen and oxygen atoms in total. The fourth-order valence-corrected chi connectivity index (χ4v) is 3.80. The maximum absolute atomic E-state index is 12.5. The van der Waals surface area contributed by atoms with E-state index >= 15 is 0 Å². The molecule has 24 heavy (non-hydrogen) atoms. The first-order valence-electron chi connectivity index (χ1n) is 8.98. The van der Waals surface area contributed by atoms with Gasteiger partial charge in [-0.2, -0.15) is 4.98 Å². The molecule has 0 saturated carbocycles. The van der Waals surface area contributed by atoms with Gasteiger partial charge in [-0.25, -0.2) is 0 Å². The van der Waals surface area contributed by atoms with E-state index in [1.807, 2.05) is 6.92 Å². The first kappa shape index (κ1) is 19.2. The number of nitrogens with one attached hydrogen (secondary N) is 1. The number of piperidine rings is 2. The molecule has 1 unspecified atom stereocenters. The molecule has 1 atom stereocenters. The molecule has 2 aliphatic rings. The minimum Gasteiger partial charge on any atom is -0.342 e. The molecule has 0 aromatic carbocycles. The van der Waals surface area contributed by atoms with Crippen LogP contribution in [-0.2, 0) is 11.2 Å². The summed E-state index contributed by atoms with van der Waals surface area (Å²) in [6.45, 7) is 5.78. The molecule has 0 radical (unpaired) electrons. The van der Waals surface area contributed by atoms with Crippen LogP contribution in [0.3, 0.4) is 0 Å². The molecule has 1 aromatic heterocycles. The van der Waals surface area contributed by atoms with Crippen molar-refractivity contribution >= 4 is 18.3 Å². The van der Waals surface area contributed by atoms with Crippen LogP contribution < -0.4 is 5.32 Å². The number of amides is 1. The van der Waals surface area contributed by atoms with Crippen molar-refractivity contribution in [1.82, 2.24) is 20.4 Å². The average Bonchev–Trinajstić information content (AvgIpc) is 2.99. The second-order valence-corrected chi connectivity index (χ2v) is 7.01. The largest absolute Gasteiger partial charge is 0.342 e. The van der Waals surface area contributed by atoms with E-state index in [-0.39, 0.29) is 12.4 Å². The van der Waals surface area contributed by atoms with Crippen LogP contribution in [0, 0.1) is 18.8 Å². The zero-order valence-electron chi connectivity index (χ0n) is 14.5. The standard InChI is InChI=1S/C17H28N4O2.ClH/c1-13-19-16(20-23-13)11-15-3-2-10-21(12-15)17(22)5-4-14-6-8-18-9-7-14;/h14-15,18H,2-12H2,1H3;1H. The number of halogens is 1. The molecule has 1 amide bonds. The summed E-state index contributed by atoms with van der Waals surface area (Å²) in [5.41, 5.74) is 0. The fourth-order valence-electron chi connectivity index (χ4n) is 3.80. The van der Waals surface area contributed by atoms with Gasteiger partial charge in [0.25, 0.3) is 0 Å². The highest BCUT2D eigenvalue weighted by Crippen LogP contribution is 2.23. The predicted octanol–water partition coefficient (Wildman–Crippen LogP) is 2.36. The number of rotatable bonds is 5. The van der Waals surface area contributed by atoms with Crippen LogP contribution >= 0.6 is 12.4 Å². The Hall–Kier alpha value is -1.14. The molecule has 0 bridgehead atoms. The zero-order chi connectivity index (χ0) is 16.1. The van der Waals surface area contributed by atoms with Gasteiger partial charge in [0.15, 0.2) is 5.82 Å². The lowest BCUT2D eigenvalue weighted by atomic mass is 9.91. The molecule has 0 spiro atoms. The number of carbonyl (C=O) groups excluding carboxylic acids is 1. The van der Waals surface area contributed by atoms with Crippen LogP contribution in [0.15, 0.2) is 4.52 Å². The van der Waals surface area contributed by atoms with Gasteiger partial charge in [-0.1, -0.05) is 5.16 Å². The number of aryl methyl sites for hydroxylation is 1. The average molecular weight is 357 g/mol. The number of carbonyl (C=O) groups is 1. The number of aromatic nitrogens is 2. The van der Waals surface area contributed by atoms with Crippen molar-refractivity contribution < 1.29 is 9.32 Å². The Morgan fingerprint density at radius 2 is 2.08 bits per heavy atom. The highest BCUT2D eigenvalue weighted by molar-refractivity contribution is 5.85. The van der Waals surface area contributed by atoms with Gasteiger partial charge in [-0.05, 0) is 57.0 Å². The summed E-state index contributed by atoms with van der Waals surface area (Å²) in [7, 11) is 0. The molecule has 2 saturated heterocycles. The highest BCUT2D eigenvalue weighted by atomic mass is 35.5. The molecule has 3 rings (SSSR count). The van der Waals surface area contributed by atoms with Gasteiger partial charge >= 0.3 is 0 Å². The number of hydrogen-bond acceptors (Lipinski definition) is 5. The molecule has 0 aliphatic carbocycles. The number of nitrogens with zero attached hydrogens (tertiary/aromatic N) is 3. The summed E-state index contributed by atoms with van der Waals surface area (Å²) < 4.78 is 5.04. The van der Waals surface area contributed by atoms with Gasteiger partial charge in [0.05, 0.1) is 0 Å². The highest BCUT2D eigenvalue weighted by Gasteiger charge is 2.25. The first-order chi connectivity index (χ1) is 11.2. The van der Waals surface area contributed by atoms with Crippen LogP contribution in [0.25, 0.3) is 0 Å². The summed E-state index contributed by atoms with van der Waals surface area (Å²) in [4.78, 5) is 18.8. The molecule has 1 aromatic rings. The number of likely N-dealkylation sites (tertiary alicyclic amines) is 1. The van der Waals surface area contributed by atoms with Crippen molar-refractivity contribution in [2.24, 2.45) is 11.8 Å². The summed E-state index contributed by atoms with van der Waals surface area (Å²) in [6, 6.07) is 0. The number of hydrogen-bond donors (Lipinski definition) is 1. The lowest BCUT2D eigenvalue weighted by Gasteiger charge is -2.33. The zero-order valence-corrected chi connectivity index (χ0v) is 15.3. The summed E-state index contributed by atoms with van der Waals surface area (Å²) in [6.07, 6.45) is 7.23. The Labute approximate surface area is 150 Å². The van der Waals surface area contributed by atoms with Crippen molar-refractivity contribution in [2.75, 3.05) is 26.2 Å². The minimum absolute atomic E-state index is 0. The Morgan fingerprint density at radius 3 is 2.79 bits per heavy atom. The lowest BCUT2D eigenvalue weighted by Crippen LogP contribution is -2.40. The predicted molar refractivity (Wildman–Crippen MR) is 94.1 cm³/mol. The van der Waals surface area contributed by atoms with Gasteiger partial charge in [-0.3, -0.25) is 4.79 Å². The van der Waals surface area contributed by atoms with Crippen molar-refractivity contribution in [3.05, 3.63) is 11.7 Å². The molecule has 2 aliphatic heterocycles. The van der Waals surface area contributed by atoms with E-state index in [0.29, 0.717) is 24.1 Å². The Balaban J connectivity index is 0.00000208. The third-order valence-electron chi connectivity index (χ3n) is 5.14. The van der Waals surface area contributed by atoms with Crippen LogP contribution in [0.4, 0.5) is 0 Å². The second-order valence-electron chi connectivity index (χ2n) is 7.01. The van der Waals surface area contributed by atoms with E-state index in [9.17, 15) is 4.79 Å². The van der Waals surface area contributed by atoms with Crippen molar-refractivity contribution in [1.29, 1.82) is 0 Å². The summed E-state index contributed by atoms with van der Waals surface area (Å²) in [5.74, 6) is 2.91. The van der Waals surface area contributed by atoms with Gasteiger partial charge in [0.2, 0.25) is 11.8 Å². The molecule has 7 heteroatoms. The Morgan fingerprint density at radius 1 is 1.29 bits per heavy atom. The second kappa shape index (κ2) is 9.37. The minimum atomic E-state index is 0. The van der Waals surface area contributed by atoms with E-state index in [2.05, 4.69) is 20.4 Å². The normalized spacial score (nSPS) is 22.2. The van der Waals surface area contributed by atoms with Crippen molar-refractivity contribution in [3.8, 4) is 0 Å². The van der Waals surface area contributed by atoms with E-state index in [0.717, 1.165) is 63.6 Å². The Bertz CT molecular complexity index is 516. The molecular formula is C17H29ClN4O2. The topological polar surface area (TPSA) is 71.3 Å². The van der Waals surface area contributed by atoms with E-state index in [4.69, 9.17) is 4.52 Å². The van der Waals surface area contributed by atoms with Crippen LogP contribution in [-0.4, -0.2) is 47.1 Å². The summed E-state index contributed by atoms with van der Waals surface area (Å²) >= 11 is 0. The SMILES string of the molecule is Cc1nc(CC2CCCN(C(=O)CCC3CCNCC3)C2)no1.Cl. The van der Waals surface area contributed by atoms with Crippen LogP contribution in [0.2, 0.25) is 0 Å². The molecule has 3 heterocycles.